The number of fused-ring (bicyclic) bond motifs is 1. The number of carbonyl (C=O) groups excluding carboxylic acids is 1. The minimum atomic E-state index is -3.04. The summed E-state index contributed by atoms with van der Waals surface area (Å²) in [6, 6.07) is 7.53. The van der Waals surface area contributed by atoms with E-state index in [9.17, 15) is 13.2 Å². The summed E-state index contributed by atoms with van der Waals surface area (Å²) in [5.74, 6) is 0.773. The van der Waals surface area contributed by atoms with Crippen LogP contribution in [0.1, 0.15) is 25.8 Å². The third-order valence-electron chi connectivity index (χ3n) is 4.93. The first-order chi connectivity index (χ1) is 12.3. The van der Waals surface area contributed by atoms with Crippen LogP contribution < -0.4 is 4.74 Å². The molecular formula is C18H24N2O4S2. The average molecular weight is 397 g/mol. The highest BCUT2D eigenvalue weighted by atomic mass is 32.2. The maximum absolute atomic E-state index is 12.3. The van der Waals surface area contributed by atoms with Crippen LogP contribution in [0.5, 0.6) is 5.75 Å². The summed E-state index contributed by atoms with van der Waals surface area (Å²) < 4.78 is 29.3. The molecule has 2 saturated heterocycles. The fraction of sp³-hybridized carbons (Fsp3) is 0.556. The van der Waals surface area contributed by atoms with E-state index >= 15 is 0 Å². The van der Waals surface area contributed by atoms with Gasteiger partial charge in [0.1, 0.15) is 5.75 Å². The van der Waals surface area contributed by atoms with Gasteiger partial charge in [0, 0.05) is 17.7 Å². The van der Waals surface area contributed by atoms with Crippen LogP contribution >= 0.6 is 11.8 Å². The minimum absolute atomic E-state index is 0.0540. The topological polar surface area (TPSA) is 76.0 Å². The van der Waals surface area contributed by atoms with Crippen molar-refractivity contribution in [3.8, 4) is 5.75 Å². The Kier molecular flexibility index (Phi) is 5.62. The van der Waals surface area contributed by atoms with Crippen LogP contribution in [0.25, 0.3) is 0 Å². The lowest BCUT2D eigenvalue weighted by Gasteiger charge is -2.24. The zero-order chi connectivity index (χ0) is 18.9. The number of methoxy groups -OCH3 is 1. The number of thioether (sulfide) groups is 1. The van der Waals surface area contributed by atoms with Crippen molar-refractivity contribution in [1.82, 2.24) is 4.90 Å². The number of benzene rings is 1. The number of nitrogens with zero attached hydrogens (tertiary/aromatic N) is 2. The number of carbonyl (C=O) groups is 1. The van der Waals surface area contributed by atoms with E-state index in [2.05, 4.69) is 4.99 Å². The Morgan fingerprint density at radius 2 is 2.04 bits per heavy atom. The maximum atomic E-state index is 12.3. The molecule has 0 spiro atoms. The van der Waals surface area contributed by atoms with Gasteiger partial charge in [-0.2, -0.15) is 4.99 Å². The fourth-order valence-electron chi connectivity index (χ4n) is 3.13. The van der Waals surface area contributed by atoms with Crippen LogP contribution in [0, 0.1) is 5.92 Å². The Balaban J connectivity index is 1.86. The molecule has 3 atom stereocenters. The summed E-state index contributed by atoms with van der Waals surface area (Å²) in [6.07, 6.45) is 0.736. The number of ether oxygens (including phenoxy) is 1. The Hall–Kier alpha value is -1.54. The van der Waals surface area contributed by atoms with E-state index in [1.165, 1.54) is 11.8 Å². The molecule has 0 saturated carbocycles. The van der Waals surface area contributed by atoms with Gasteiger partial charge in [-0.15, -0.1) is 0 Å². The van der Waals surface area contributed by atoms with Crippen molar-refractivity contribution in [2.75, 3.05) is 18.6 Å². The zero-order valence-corrected chi connectivity index (χ0v) is 16.8. The molecule has 2 aliphatic heterocycles. The number of sulfone groups is 1. The molecule has 0 radical (unpaired) electrons. The van der Waals surface area contributed by atoms with Crippen molar-refractivity contribution in [3.63, 3.8) is 0 Å². The smallest absolute Gasteiger partial charge is 0.250 e. The third kappa shape index (κ3) is 4.06. The van der Waals surface area contributed by atoms with Gasteiger partial charge in [-0.25, -0.2) is 8.42 Å². The molecule has 0 bridgehead atoms. The van der Waals surface area contributed by atoms with Crippen molar-refractivity contribution < 1.29 is 17.9 Å². The van der Waals surface area contributed by atoms with E-state index in [4.69, 9.17) is 4.74 Å². The quantitative estimate of drug-likeness (QED) is 0.760. The molecule has 0 N–H and O–H groups in total. The van der Waals surface area contributed by atoms with E-state index in [0.717, 1.165) is 17.7 Å². The summed E-state index contributed by atoms with van der Waals surface area (Å²) in [6.45, 7) is 4.35. The van der Waals surface area contributed by atoms with Gasteiger partial charge in [-0.1, -0.05) is 37.7 Å². The number of rotatable bonds is 5. The number of hydrogen-bond donors (Lipinski definition) is 0. The van der Waals surface area contributed by atoms with E-state index in [1.54, 1.807) is 7.11 Å². The highest BCUT2D eigenvalue weighted by Crippen LogP contribution is 2.39. The Labute approximate surface area is 158 Å². The summed E-state index contributed by atoms with van der Waals surface area (Å²) >= 11 is 1.43. The molecule has 1 aromatic rings. The van der Waals surface area contributed by atoms with Gasteiger partial charge in [-0.3, -0.25) is 4.79 Å². The SMILES string of the molecule is CC[C@H](C)C(=O)N=C1S[C@H]2CS(=O)(=O)C[C@H]2N1Cc1ccc(OC)cc1. The normalized spacial score (nSPS) is 26.7. The lowest BCUT2D eigenvalue weighted by Crippen LogP contribution is -2.37. The number of hydrogen-bond acceptors (Lipinski definition) is 5. The van der Waals surface area contributed by atoms with Crippen LogP contribution in [0.15, 0.2) is 29.3 Å². The van der Waals surface area contributed by atoms with E-state index in [-0.39, 0.29) is 34.6 Å². The van der Waals surface area contributed by atoms with E-state index < -0.39 is 9.84 Å². The van der Waals surface area contributed by atoms with Gasteiger partial charge in [0.15, 0.2) is 15.0 Å². The highest BCUT2D eigenvalue weighted by molar-refractivity contribution is 8.15. The molecule has 1 aromatic carbocycles. The first kappa shape index (κ1) is 19.2. The van der Waals surface area contributed by atoms with Crippen molar-refractivity contribution in [2.45, 2.75) is 38.1 Å². The molecule has 6 nitrogen and oxygen atoms in total. The molecule has 8 heteroatoms. The first-order valence-electron chi connectivity index (χ1n) is 8.72. The molecule has 3 rings (SSSR count). The molecule has 2 fully saturated rings. The number of aliphatic imine (C=N–C) groups is 1. The van der Waals surface area contributed by atoms with Gasteiger partial charge >= 0.3 is 0 Å². The second-order valence-electron chi connectivity index (χ2n) is 6.82. The lowest BCUT2D eigenvalue weighted by atomic mass is 10.1. The number of amides is 1. The molecular weight excluding hydrogens is 372 g/mol. The van der Waals surface area contributed by atoms with Crippen LogP contribution in [-0.4, -0.2) is 54.3 Å². The van der Waals surface area contributed by atoms with Gasteiger partial charge in [0.05, 0.1) is 24.7 Å². The maximum Gasteiger partial charge on any atom is 0.250 e. The van der Waals surface area contributed by atoms with Crippen LogP contribution in [0.4, 0.5) is 0 Å². The Morgan fingerprint density at radius 1 is 1.35 bits per heavy atom. The number of amidine groups is 1. The predicted octanol–water partition coefficient (Wildman–Crippen LogP) is 2.34. The van der Waals surface area contributed by atoms with Crippen LogP contribution in [0.3, 0.4) is 0 Å². The molecule has 2 aliphatic rings. The molecule has 2 heterocycles. The summed E-state index contributed by atoms with van der Waals surface area (Å²) in [7, 11) is -1.42. The van der Waals surface area contributed by atoms with Gasteiger partial charge in [-0.05, 0) is 24.1 Å². The molecule has 1 amide bonds. The van der Waals surface area contributed by atoms with E-state index in [0.29, 0.717) is 11.7 Å². The molecule has 26 heavy (non-hydrogen) atoms. The van der Waals surface area contributed by atoms with Crippen molar-refractivity contribution in [2.24, 2.45) is 10.9 Å². The average Bonchev–Trinajstić information content (AvgIpc) is 3.07. The summed E-state index contributed by atoms with van der Waals surface area (Å²) in [5, 5.41) is 0.595. The summed E-state index contributed by atoms with van der Waals surface area (Å²) in [5.41, 5.74) is 1.03. The van der Waals surface area contributed by atoms with Crippen molar-refractivity contribution in [3.05, 3.63) is 29.8 Å². The second-order valence-corrected chi connectivity index (χ2v) is 10.2. The van der Waals surface area contributed by atoms with Gasteiger partial charge in [0.2, 0.25) is 0 Å². The third-order valence-corrected chi connectivity index (χ3v) is 8.17. The van der Waals surface area contributed by atoms with Crippen LogP contribution in [-0.2, 0) is 21.2 Å². The molecule has 142 valence electrons. The monoisotopic (exact) mass is 396 g/mol. The predicted molar refractivity (Wildman–Crippen MR) is 104 cm³/mol. The first-order valence-corrected chi connectivity index (χ1v) is 11.4. The van der Waals surface area contributed by atoms with E-state index in [1.807, 2.05) is 43.0 Å². The molecule has 0 unspecified atom stereocenters. The fourth-order valence-corrected chi connectivity index (χ4v) is 7.08. The van der Waals surface area contributed by atoms with Crippen molar-refractivity contribution in [1.29, 1.82) is 0 Å². The molecule has 0 aromatic heterocycles. The standard InChI is InChI=1S/C18H24N2O4S2/c1-4-12(2)17(21)19-18-20(9-13-5-7-14(24-3)8-6-13)15-10-26(22,23)11-16(15)25-18/h5-8,12,15-16H,4,9-11H2,1-3H3/t12-,15+,16-/m0/s1. The Morgan fingerprint density at radius 3 is 2.65 bits per heavy atom. The summed E-state index contributed by atoms with van der Waals surface area (Å²) in [4.78, 5) is 18.6. The lowest BCUT2D eigenvalue weighted by molar-refractivity contribution is -0.121. The van der Waals surface area contributed by atoms with Gasteiger partial charge in [0.25, 0.3) is 5.91 Å². The largest absolute Gasteiger partial charge is 0.497 e. The second kappa shape index (κ2) is 7.60. The molecule has 0 aliphatic carbocycles. The van der Waals surface area contributed by atoms with Crippen molar-refractivity contribution >= 4 is 32.7 Å². The zero-order valence-electron chi connectivity index (χ0n) is 15.2. The van der Waals surface area contributed by atoms with Crippen LogP contribution in [0.2, 0.25) is 0 Å². The Bertz CT molecular complexity index is 805. The van der Waals surface area contributed by atoms with Gasteiger partial charge < -0.3 is 9.64 Å². The highest BCUT2D eigenvalue weighted by Gasteiger charge is 2.48. The minimum Gasteiger partial charge on any atom is -0.497 e.